The molecule has 3 aromatic rings. The molecule has 0 saturated heterocycles. The molecule has 0 unspecified atom stereocenters. The molecule has 3 aromatic carbocycles. The van der Waals surface area contributed by atoms with Gasteiger partial charge in [-0.2, -0.15) is 0 Å². The minimum Gasteiger partial charge on any atom is -0.352 e. The number of carbonyl (C=O) groups is 2. The van der Waals surface area contributed by atoms with Crippen LogP contribution in [0.2, 0.25) is 10.0 Å². The predicted octanol–water partition coefficient (Wildman–Crippen LogP) is 8.08. The van der Waals surface area contributed by atoms with E-state index < -0.39 is 6.04 Å². The fourth-order valence-corrected chi connectivity index (χ4v) is 6.30. The Kier molecular flexibility index (Phi) is 11.6. The predicted molar refractivity (Wildman–Crippen MR) is 166 cm³/mol. The molecule has 1 aliphatic rings. The van der Waals surface area contributed by atoms with E-state index >= 15 is 0 Å². The summed E-state index contributed by atoms with van der Waals surface area (Å²) >= 11 is 17.2. The van der Waals surface area contributed by atoms with Crippen LogP contribution < -0.4 is 5.32 Å². The Balaban J connectivity index is 1.55. The maximum absolute atomic E-state index is 13.8. The van der Waals surface area contributed by atoms with Crippen LogP contribution in [0.4, 0.5) is 0 Å². The molecule has 1 aliphatic carbocycles. The summed E-state index contributed by atoms with van der Waals surface area (Å²) in [7, 11) is 0. The standard InChI is InChI=1S/C31H33BrCl2N2O2S/c32-25-14-11-23(12-15-25)19-36(30(37)21-39-20-24-13-16-27(33)28(34)17-24)29(18-22-7-3-1-4-8-22)31(38)35-26-9-5-2-6-10-26/h1,3-4,7-8,11-17,26,29H,2,5-6,9-10,18-21H2,(H,35,38)/t29-/m1/s1. The van der Waals surface area contributed by atoms with Crippen LogP contribution >= 0.6 is 50.9 Å². The zero-order chi connectivity index (χ0) is 27.6. The van der Waals surface area contributed by atoms with E-state index in [0.29, 0.717) is 28.8 Å². The number of halogens is 3. The van der Waals surface area contributed by atoms with E-state index in [9.17, 15) is 9.59 Å². The van der Waals surface area contributed by atoms with E-state index in [2.05, 4.69) is 21.2 Å². The van der Waals surface area contributed by atoms with Crippen LogP contribution in [0.3, 0.4) is 0 Å². The Labute approximate surface area is 254 Å². The van der Waals surface area contributed by atoms with Crippen LogP contribution in [-0.4, -0.2) is 34.6 Å². The van der Waals surface area contributed by atoms with Gasteiger partial charge in [-0.05, 0) is 53.8 Å². The lowest BCUT2D eigenvalue weighted by Gasteiger charge is -2.33. The molecule has 4 rings (SSSR count). The van der Waals surface area contributed by atoms with Gasteiger partial charge in [-0.25, -0.2) is 0 Å². The molecular formula is C31H33BrCl2N2O2S. The second-order valence-corrected chi connectivity index (χ2v) is 12.7. The van der Waals surface area contributed by atoms with Crippen molar-refractivity contribution in [3.05, 3.63) is 104 Å². The molecule has 1 N–H and O–H groups in total. The van der Waals surface area contributed by atoms with Gasteiger partial charge >= 0.3 is 0 Å². The molecule has 1 atom stereocenters. The monoisotopic (exact) mass is 646 g/mol. The Morgan fingerprint density at radius 2 is 1.59 bits per heavy atom. The summed E-state index contributed by atoms with van der Waals surface area (Å²) in [4.78, 5) is 29.4. The molecule has 0 aliphatic heterocycles. The maximum Gasteiger partial charge on any atom is 0.243 e. The van der Waals surface area contributed by atoms with Crippen molar-refractivity contribution in [1.29, 1.82) is 0 Å². The zero-order valence-electron chi connectivity index (χ0n) is 21.8. The summed E-state index contributed by atoms with van der Waals surface area (Å²) in [5.74, 6) is 0.721. The van der Waals surface area contributed by atoms with Gasteiger partial charge in [-0.1, -0.05) is 107 Å². The van der Waals surface area contributed by atoms with Crippen molar-refractivity contribution >= 4 is 62.7 Å². The van der Waals surface area contributed by atoms with Crippen LogP contribution in [0.15, 0.2) is 77.3 Å². The van der Waals surface area contributed by atoms with E-state index in [1.807, 2.05) is 66.7 Å². The third kappa shape index (κ3) is 9.28. The van der Waals surface area contributed by atoms with Crippen molar-refractivity contribution in [2.45, 2.75) is 62.9 Å². The molecule has 8 heteroatoms. The lowest BCUT2D eigenvalue weighted by molar-refractivity contribution is -0.139. The summed E-state index contributed by atoms with van der Waals surface area (Å²) in [5, 5.41) is 4.30. The van der Waals surface area contributed by atoms with Crippen molar-refractivity contribution in [1.82, 2.24) is 10.2 Å². The lowest BCUT2D eigenvalue weighted by atomic mass is 9.94. The minimum atomic E-state index is -0.615. The smallest absolute Gasteiger partial charge is 0.243 e. The Morgan fingerprint density at radius 1 is 0.897 bits per heavy atom. The number of carbonyl (C=O) groups excluding carboxylic acids is 2. The van der Waals surface area contributed by atoms with Gasteiger partial charge in [-0.3, -0.25) is 9.59 Å². The van der Waals surface area contributed by atoms with Gasteiger partial charge in [0.05, 0.1) is 15.8 Å². The highest BCUT2D eigenvalue weighted by molar-refractivity contribution is 9.10. The van der Waals surface area contributed by atoms with E-state index in [1.54, 1.807) is 11.0 Å². The van der Waals surface area contributed by atoms with Crippen molar-refractivity contribution in [2.24, 2.45) is 0 Å². The number of nitrogens with zero attached hydrogens (tertiary/aromatic N) is 1. The van der Waals surface area contributed by atoms with Crippen LogP contribution in [0, 0.1) is 0 Å². The third-order valence-corrected chi connectivity index (χ3v) is 9.22. The Morgan fingerprint density at radius 3 is 2.28 bits per heavy atom. The quantitative estimate of drug-likeness (QED) is 0.229. The molecule has 39 heavy (non-hydrogen) atoms. The summed E-state index contributed by atoms with van der Waals surface area (Å²) in [5.41, 5.74) is 3.00. The number of benzene rings is 3. The lowest BCUT2D eigenvalue weighted by Crippen LogP contribution is -2.53. The SMILES string of the molecule is O=C(NC1CCCCC1)[C@@H](Cc1ccccc1)N(Cc1ccc(Br)cc1)C(=O)CSCc1ccc(Cl)c(Cl)c1. The summed E-state index contributed by atoms with van der Waals surface area (Å²) in [6.45, 7) is 0.356. The fraction of sp³-hybridized carbons (Fsp3) is 0.355. The Bertz CT molecular complexity index is 1240. The van der Waals surface area contributed by atoms with Gasteiger partial charge in [0.1, 0.15) is 6.04 Å². The first-order valence-corrected chi connectivity index (χ1v) is 16.0. The number of hydrogen-bond donors (Lipinski definition) is 1. The van der Waals surface area contributed by atoms with E-state index in [0.717, 1.165) is 46.8 Å². The first-order chi connectivity index (χ1) is 18.9. The first-order valence-electron chi connectivity index (χ1n) is 13.3. The highest BCUT2D eigenvalue weighted by Gasteiger charge is 2.31. The summed E-state index contributed by atoms with van der Waals surface area (Å²) < 4.78 is 0.970. The van der Waals surface area contributed by atoms with Crippen molar-refractivity contribution in [3.63, 3.8) is 0 Å². The molecule has 0 aromatic heterocycles. The van der Waals surface area contributed by atoms with Crippen molar-refractivity contribution in [3.8, 4) is 0 Å². The van der Waals surface area contributed by atoms with Crippen LogP contribution in [-0.2, 0) is 28.3 Å². The molecule has 0 bridgehead atoms. The average Bonchev–Trinajstić information content (AvgIpc) is 2.94. The van der Waals surface area contributed by atoms with Crippen LogP contribution in [0.25, 0.3) is 0 Å². The van der Waals surface area contributed by atoms with Crippen LogP contribution in [0.1, 0.15) is 48.8 Å². The average molecular weight is 648 g/mol. The third-order valence-electron chi connectivity index (χ3n) is 6.97. The zero-order valence-corrected chi connectivity index (χ0v) is 25.7. The number of hydrogen-bond acceptors (Lipinski definition) is 3. The minimum absolute atomic E-state index is 0.0669. The second kappa shape index (κ2) is 15.1. The topological polar surface area (TPSA) is 49.4 Å². The Hall–Kier alpha value is -1.99. The highest BCUT2D eigenvalue weighted by atomic mass is 79.9. The van der Waals surface area contributed by atoms with Gasteiger partial charge in [0, 0.05) is 29.2 Å². The number of amides is 2. The molecule has 0 heterocycles. The number of rotatable bonds is 11. The maximum atomic E-state index is 13.8. The highest BCUT2D eigenvalue weighted by Crippen LogP contribution is 2.26. The molecule has 2 amide bonds. The molecule has 0 spiro atoms. The van der Waals surface area contributed by atoms with Gasteiger partial charge in [-0.15, -0.1) is 11.8 Å². The molecule has 4 nitrogen and oxygen atoms in total. The summed E-state index contributed by atoms with van der Waals surface area (Å²) in [6, 6.07) is 22.9. The van der Waals surface area contributed by atoms with E-state index in [4.69, 9.17) is 23.2 Å². The van der Waals surface area contributed by atoms with Gasteiger partial charge in [0.15, 0.2) is 0 Å². The molecule has 0 radical (unpaired) electrons. The molecular weight excluding hydrogens is 615 g/mol. The van der Waals surface area contributed by atoms with Gasteiger partial charge in [0.2, 0.25) is 11.8 Å². The normalized spacial score (nSPS) is 14.5. The molecule has 1 fully saturated rings. The number of thioether (sulfide) groups is 1. The molecule has 1 saturated carbocycles. The van der Waals surface area contributed by atoms with E-state index in [1.165, 1.54) is 18.2 Å². The van der Waals surface area contributed by atoms with Gasteiger partial charge < -0.3 is 10.2 Å². The van der Waals surface area contributed by atoms with Gasteiger partial charge in [0.25, 0.3) is 0 Å². The molecule has 206 valence electrons. The summed E-state index contributed by atoms with van der Waals surface area (Å²) in [6.07, 6.45) is 5.90. The second-order valence-electron chi connectivity index (χ2n) is 9.94. The number of nitrogens with one attached hydrogen (secondary N) is 1. The largest absolute Gasteiger partial charge is 0.352 e. The first kappa shape index (κ1) is 30.0. The van der Waals surface area contributed by atoms with Crippen molar-refractivity contribution < 1.29 is 9.59 Å². The van der Waals surface area contributed by atoms with Crippen LogP contribution in [0.5, 0.6) is 0 Å². The van der Waals surface area contributed by atoms with Crippen molar-refractivity contribution in [2.75, 3.05) is 5.75 Å². The fourth-order valence-electron chi connectivity index (χ4n) is 4.85. The van der Waals surface area contributed by atoms with E-state index in [-0.39, 0.29) is 23.6 Å².